The van der Waals surface area contributed by atoms with Gasteiger partial charge in [-0.2, -0.15) is 0 Å². The molecule has 1 saturated heterocycles. The molecule has 128 valence electrons. The molecule has 25 heavy (non-hydrogen) atoms. The van der Waals surface area contributed by atoms with Gasteiger partial charge >= 0.3 is 0 Å². The predicted octanol–water partition coefficient (Wildman–Crippen LogP) is 2.44. The average molecular weight is 347 g/mol. The number of aromatic amines is 1. The normalized spacial score (nSPS) is 16.0. The average Bonchev–Trinajstić information content (AvgIpc) is 2.97. The lowest BCUT2D eigenvalue weighted by Gasteiger charge is -2.38. The second-order valence-electron chi connectivity index (χ2n) is 5.93. The molecule has 1 aromatic carbocycles. The van der Waals surface area contributed by atoms with Crippen molar-refractivity contribution < 1.29 is 18.0 Å². The number of carbonyl (C=O) groups is 1. The minimum absolute atomic E-state index is 0.224. The highest BCUT2D eigenvalue weighted by atomic mass is 19.3. The molecule has 1 amide bonds. The lowest BCUT2D eigenvalue weighted by Crippen LogP contribution is -2.58. The molecule has 3 heterocycles. The minimum atomic E-state index is -2.81. The highest BCUT2D eigenvalue weighted by molar-refractivity contribution is 5.99. The van der Waals surface area contributed by atoms with Crippen molar-refractivity contribution >= 4 is 22.6 Å². The van der Waals surface area contributed by atoms with Gasteiger partial charge in [0.15, 0.2) is 17.5 Å². The zero-order valence-electron chi connectivity index (χ0n) is 12.8. The molecule has 4 rings (SSSR count). The molecule has 0 atom stereocenters. The SMILES string of the molecule is Nc1nc(-c2ccc3cc(C(=O)N4CC(F)(F)C4)[nH]c3c2)ncc1F. The van der Waals surface area contributed by atoms with Gasteiger partial charge in [-0.15, -0.1) is 0 Å². The molecule has 1 aliphatic rings. The Balaban J connectivity index is 1.65. The van der Waals surface area contributed by atoms with E-state index < -0.39 is 30.7 Å². The summed E-state index contributed by atoms with van der Waals surface area (Å²) in [7, 11) is 0. The molecule has 6 nitrogen and oxygen atoms in total. The number of aromatic nitrogens is 3. The number of amides is 1. The number of fused-ring (bicyclic) bond motifs is 1. The fraction of sp³-hybridized carbons (Fsp3) is 0.188. The van der Waals surface area contributed by atoms with Gasteiger partial charge in [0.25, 0.3) is 11.8 Å². The van der Waals surface area contributed by atoms with E-state index in [-0.39, 0.29) is 17.3 Å². The van der Waals surface area contributed by atoms with E-state index in [4.69, 9.17) is 5.73 Å². The molecular weight excluding hydrogens is 335 g/mol. The Morgan fingerprint density at radius 3 is 2.72 bits per heavy atom. The molecule has 0 unspecified atom stereocenters. The van der Waals surface area contributed by atoms with Crippen LogP contribution >= 0.6 is 0 Å². The van der Waals surface area contributed by atoms with Crippen LogP contribution in [0.1, 0.15) is 10.5 Å². The number of rotatable bonds is 2. The van der Waals surface area contributed by atoms with Crippen molar-refractivity contribution in [1.82, 2.24) is 19.9 Å². The predicted molar refractivity (Wildman–Crippen MR) is 84.5 cm³/mol. The van der Waals surface area contributed by atoms with Crippen molar-refractivity contribution in [1.29, 1.82) is 0 Å². The van der Waals surface area contributed by atoms with Gasteiger partial charge in [-0.1, -0.05) is 12.1 Å². The Hall–Kier alpha value is -3.10. The summed E-state index contributed by atoms with van der Waals surface area (Å²) in [5.74, 6) is -4.01. The van der Waals surface area contributed by atoms with E-state index in [0.29, 0.717) is 11.1 Å². The van der Waals surface area contributed by atoms with E-state index in [1.54, 1.807) is 24.3 Å². The smallest absolute Gasteiger partial charge is 0.282 e. The van der Waals surface area contributed by atoms with Crippen LogP contribution in [0.5, 0.6) is 0 Å². The molecule has 1 aliphatic heterocycles. The maximum Gasteiger partial charge on any atom is 0.282 e. The lowest BCUT2D eigenvalue weighted by atomic mass is 10.1. The number of nitrogen functional groups attached to an aromatic ring is 1. The van der Waals surface area contributed by atoms with E-state index in [1.807, 2.05) is 0 Å². The molecule has 0 radical (unpaired) electrons. The van der Waals surface area contributed by atoms with Crippen molar-refractivity contribution in [3.05, 3.63) is 42.0 Å². The third-order valence-electron chi connectivity index (χ3n) is 4.01. The van der Waals surface area contributed by atoms with Crippen LogP contribution in [0.15, 0.2) is 30.5 Å². The number of benzene rings is 1. The van der Waals surface area contributed by atoms with Gasteiger partial charge in [0.05, 0.1) is 19.3 Å². The fourth-order valence-corrected chi connectivity index (χ4v) is 2.73. The molecule has 0 bridgehead atoms. The third kappa shape index (κ3) is 2.67. The molecule has 3 N–H and O–H groups in total. The summed E-state index contributed by atoms with van der Waals surface area (Å²) >= 11 is 0. The Morgan fingerprint density at radius 1 is 1.28 bits per heavy atom. The van der Waals surface area contributed by atoms with Crippen molar-refractivity contribution in [3.63, 3.8) is 0 Å². The number of likely N-dealkylation sites (tertiary alicyclic amines) is 1. The number of H-pyrrole nitrogens is 1. The largest absolute Gasteiger partial charge is 0.381 e. The molecular formula is C16H12F3N5O. The molecule has 9 heteroatoms. The fourth-order valence-electron chi connectivity index (χ4n) is 2.73. The van der Waals surface area contributed by atoms with Crippen LogP contribution < -0.4 is 5.73 Å². The number of nitrogens with zero attached hydrogens (tertiary/aromatic N) is 3. The van der Waals surface area contributed by atoms with Crippen LogP contribution in [0.3, 0.4) is 0 Å². The summed E-state index contributed by atoms with van der Waals surface area (Å²) < 4.78 is 39.0. The van der Waals surface area contributed by atoms with Crippen LogP contribution in [-0.2, 0) is 0 Å². The first kappa shape index (κ1) is 15.4. The van der Waals surface area contributed by atoms with E-state index in [9.17, 15) is 18.0 Å². The lowest BCUT2D eigenvalue weighted by molar-refractivity contribution is -0.113. The van der Waals surface area contributed by atoms with Crippen molar-refractivity contribution in [3.8, 4) is 11.4 Å². The summed E-state index contributed by atoms with van der Waals surface area (Å²) in [6.45, 7) is -1.15. The van der Waals surface area contributed by atoms with Gasteiger partial charge in [-0.25, -0.2) is 23.1 Å². The third-order valence-corrected chi connectivity index (χ3v) is 4.01. The van der Waals surface area contributed by atoms with Gasteiger partial charge in [-0.3, -0.25) is 4.79 Å². The Labute approximate surface area is 139 Å². The summed E-state index contributed by atoms with van der Waals surface area (Å²) in [4.78, 5) is 24.0. The summed E-state index contributed by atoms with van der Waals surface area (Å²) in [6.07, 6.45) is 0.982. The highest BCUT2D eigenvalue weighted by Gasteiger charge is 2.46. The summed E-state index contributed by atoms with van der Waals surface area (Å²) in [5.41, 5.74) is 6.86. The van der Waals surface area contributed by atoms with E-state index in [1.165, 1.54) is 0 Å². The van der Waals surface area contributed by atoms with Crippen LogP contribution in [-0.4, -0.2) is 44.8 Å². The number of nitrogens with one attached hydrogen (secondary N) is 1. The molecule has 3 aromatic rings. The molecule has 0 spiro atoms. The molecule has 0 aliphatic carbocycles. The zero-order chi connectivity index (χ0) is 17.8. The van der Waals surface area contributed by atoms with Crippen LogP contribution in [0.4, 0.5) is 19.0 Å². The van der Waals surface area contributed by atoms with E-state index in [2.05, 4.69) is 15.0 Å². The van der Waals surface area contributed by atoms with Gasteiger partial charge in [0.1, 0.15) is 5.69 Å². The Bertz CT molecular complexity index is 993. The van der Waals surface area contributed by atoms with E-state index in [0.717, 1.165) is 16.5 Å². The first-order chi connectivity index (χ1) is 11.8. The van der Waals surface area contributed by atoms with Crippen molar-refractivity contribution in [2.75, 3.05) is 18.8 Å². The van der Waals surface area contributed by atoms with Gasteiger partial charge < -0.3 is 15.6 Å². The number of carbonyl (C=O) groups excluding carboxylic acids is 1. The number of hydrogen-bond acceptors (Lipinski definition) is 4. The van der Waals surface area contributed by atoms with Crippen LogP contribution in [0, 0.1) is 5.82 Å². The van der Waals surface area contributed by atoms with Crippen molar-refractivity contribution in [2.24, 2.45) is 0 Å². The maximum absolute atomic E-state index is 13.2. The quantitative estimate of drug-likeness (QED) is 0.745. The molecule has 1 fully saturated rings. The van der Waals surface area contributed by atoms with E-state index >= 15 is 0 Å². The van der Waals surface area contributed by atoms with Gasteiger partial charge in [-0.05, 0) is 12.1 Å². The standard InChI is InChI=1S/C16H12F3N5O/c17-10-5-21-14(23-13(10)20)9-2-1-8-3-12(22-11(8)4-9)15(25)24-6-16(18,19)7-24/h1-5,22H,6-7H2,(H2,20,21,23). The maximum atomic E-state index is 13.2. The Morgan fingerprint density at radius 2 is 2.04 bits per heavy atom. The number of alkyl halides is 2. The minimum Gasteiger partial charge on any atom is -0.381 e. The zero-order valence-corrected chi connectivity index (χ0v) is 12.8. The Kier molecular flexibility index (Phi) is 3.21. The number of hydrogen-bond donors (Lipinski definition) is 2. The number of halogens is 3. The number of anilines is 1. The highest BCUT2D eigenvalue weighted by Crippen LogP contribution is 2.29. The van der Waals surface area contributed by atoms with Gasteiger partial charge in [0, 0.05) is 16.5 Å². The number of nitrogens with two attached hydrogens (primary N) is 1. The monoisotopic (exact) mass is 347 g/mol. The first-order valence-corrected chi connectivity index (χ1v) is 7.41. The first-order valence-electron chi connectivity index (χ1n) is 7.41. The molecule has 2 aromatic heterocycles. The summed E-state index contributed by atoms with van der Waals surface area (Å²) in [5, 5.41) is 0.731. The molecule has 0 saturated carbocycles. The van der Waals surface area contributed by atoms with Crippen LogP contribution in [0.2, 0.25) is 0 Å². The van der Waals surface area contributed by atoms with Crippen LogP contribution in [0.25, 0.3) is 22.3 Å². The van der Waals surface area contributed by atoms with Crippen molar-refractivity contribution in [2.45, 2.75) is 5.92 Å². The summed E-state index contributed by atoms with van der Waals surface area (Å²) in [6, 6.07) is 6.71. The topological polar surface area (TPSA) is 87.9 Å². The second-order valence-corrected chi connectivity index (χ2v) is 5.93. The van der Waals surface area contributed by atoms with Gasteiger partial charge in [0.2, 0.25) is 0 Å². The second kappa shape index (κ2) is 5.20.